The van der Waals surface area contributed by atoms with E-state index in [1.54, 1.807) is 38.5 Å². The fourth-order valence-corrected chi connectivity index (χ4v) is 2.50. The normalized spacial score (nSPS) is 10.2. The highest BCUT2D eigenvalue weighted by molar-refractivity contribution is 5.92. The van der Waals surface area contributed by atoms with Crippen molar-refractivity contribution in [2.75, 3.05) is 14.2 Å². The van der Waals surface area contributed by atoms with Crippen molar-refractivity contribution in [2.45, 2.75) is 19.3 Å². The monoisotopic (exact) mass is 328 g/mol. The molecule has 1 N–H and O–H groups in total. The van der Waals surface area contributed by atoms with Gasteiger partial charge in [-0.3, -0.25) is 4.79 Å². The molecule has 126 valence electrons. The molecule has 0 amide bonds. The summed E-state index contributed by atoms with van der Waals surface area (Å²) in [5.74, 6) is 0.249. The number of carbonyl (C=O) groups is 2. The molecule has 0 aliphatic heterocycles. The van der Waals surface area contributed by atoms with Gasteiger partial charge in [0, 0.05) is 12.8 Å². The minimum atomic E-state index is -1.02. The lowest BCUT2D eigenvalue weighted by molar-refractivity contribution is -0.118. The van der Waals surface area contributed by atoms with Gasteiger partial charge in [-0.05, 0) is 35.7 Å². The van der Waals surface area contributed by atoms with E-state index in [-0.39, 0.29) is 17.8 Å². The Morgan fingerprint density at radius 3 is 2.38 bits per heavy atom. The van der Waals surface area contributed by atoms with Gasteiger partial charge in [-0.15, -0.1) is 0 Å². The molecule has 0 fully saturated rings. The zero-order valence-corrected chi connectivity index (χ0v) is 13.7. The molecule has 0 aliphatic carbocycles. The van der Waals surface area contributed by atoms with Crippen LogP contribution in [0.4, 0.5) is 0 Å². The summed E-state index contributed by atoms with van der Waals surface area (Å²) in [4.78, 5) is 23.4. The number of ketones is 1. The summed E-state index contributed by atoms with van der Waals surface area (Å²) in [6.07, 6.45) is 1.02. The Bertz CT molecular complexity index is 736. The van der Waals surface area contributed by atoms with E-state index in [1.807, 2.05) is 12.1 Å². The van der Waals surface area contributed by atoms with Gasteiger partial charge in [-0.25, -0.2) is 4.79 Å². The molecule has 0 saturated carbocycles. The second kappa shape index (κ2) is 8.15. The largest absolute Gasteiger partial charge is 0.493 e. The van der Waals surface area contributed by atoms with Crippen LogP contribution < -0.4 is 9.47 Å². The molecular weight excluding hydrogens is 308 g/mol. The van der Waals surface area contributed by atoms with Crippen LogP contribution in [0.3, 0.4) is 0 Å². The van der Waals surface area contributed by atoms with Crippen molar-refractivity contribution in [1.82, 2.24) is 0 Å². The van der Waals surface area contributed by atoms with Crippen molar-refractivity contribution < 1.29 is 24.2 Å². The van der Waals surface area contributed by atoms with Crippen molar-refractivity contribution in [3.63, 3.8) is 0 Å². The maximum absolute atomic E-state index is 12.2. The predicted octanol–water partition coefficient (Wildman–Crippen LogP) is 3.15. The van der Waals surface area contributed by atoms with E-state index in [9.17, 15) is 9.59 Å². The first-order chi connectivity index (χ1) is 11.5. The van der Waals surface area contributed by atoms with E-state index in [2.05, 4.69) is 0 Å². The highest BCUT2D eigenvalue weighted by Gasteiger charge is 2.13. The van der Waals surface area contributed by atoms with Gasteiger partial charge >= 0.3 is 5.97 Å². The zero-order valence-electron chi connectivity index (χ0n) is 13.7. The summed E-state index contributed by atoms with van der Waals surface area (Å²) in [5, 5.41) is 9.16. The van der Waals surface area contributed by atoms with Crippen LogP contribution in [0.25, 0.3) is 0 Å². The number of ether oxygens (including phenoxy) is 2. The van der Waals surface area contributed by atoms with E-state index in [1.165, 1.54) is 6.07 Å². The van der Waals surface area contributed by atoms with E-state index in [0.717, 1.165) is 5.56 Å². The minimum absolute atomic E-state index is 0.00140. The Morgan fingerprint density at radius 2 is 1.71 bits per heavy atom. The molecule has 0 heterocycles. The summed E-state index contributed by atoms with van der Waals surface area (Å²) in [5.41, 5.74) is 1.69. The third-order valence-electron chi connectivity index (χ3n) is 3.78. The number of hydrogen-bond acceptors (Lipinski definition) is 4. The van der Waals surface area contributed by atoms with Gasteiger partial charge in [-0.1, -0.05) is 24.3 Å². The summed E-state index contributed by atoms with van der Waals surface area (Å²) in [6.45, 7) is 0. The van der Waals surface area contributed by atoms with Crippen LogP contribution in [0.15, 0.2) is 42.5 Å². The molecule has 0 unspecified atom stereocenters. The Morgan fingerprint density at radius 1 is 1.00 bits per heavy atom. The summed E-state index contributed by atoms with van der Waals surface area (Å²) in [7, 11) is 3.14. The lowest BCUT2D eigenvalue weighted by Crippen LogP contribution is -2.09. The predicted molar refractivity (Wildman–Crippen MR) is 90.0 cm³/mol. The molecule has 24 heavy (non-hydrogen) atoms. The molecule has 0 spiro atoms. The van der Waals surface area contributed by atoms with Crippen molar-refractivity contribution in [2.24, 2.45) is 0 Å². The summed E-state index contributed by atoms with van der Waals surface area (Å²) < 4.78 is 10.4. The van der Waals surface area contributed by atoms with E-state index < -0.39 is 5.97 Å². The van der Waals surface area contributed by atoms with Crippen molar-refractivity contribution in [1.29, 1.82) is 0 Å². The summed E-state index contributed by atoms with van der Waals surface area (Å²) >= 11 is 0. The Labute approximate surface area is 140 Å². The molecule has 0 bridgehead atoms. The summed E-state index contributed by atoms with van der Waals surface area (Å²) in [6, 6.07) is 12.1. The lowest BCUT2D eigenvalue weighted by Gasteiger charge is -2.09. The third kappa shape index (κ3) is 4.35. The molecule has 5 heteroatoms. The van der Waals surface area contributed by atoms with Crippen LogP contribution in [0.2, 0.25) is 0 Å². The Hall–Kier alpha value is -2.82. The van der Waals surface area contributed by atoms with E-state index >= 15 is 0 Å². The SMILES string of the molecule is COc1ccc(CCC(=O)Cc2ccccc2C(=O)O)cc1OC. The quantitative estimate of drug-likeness (QED) is 0.806. The molecule has 0 aliphatic rings. The number of carboxylic acid groups (broad SMARTS) is 1. The first kappa shape index (κ1) is 17.5. The average molecular weight is 328 g/mol. The molecule has 2 aromatic carbocycles. The second-order valence-electron chi connectivity index (χ2n) is 5.37. The maximum atomic E-state index is 12.2. The molecule has 0 saturated heterocycles. The van der Waals surface area contributed by atoms with Gasteiger partial charge in [0.05, 0.1) is 19.8 Å². The maximum Gasteiger partial charge on any atom is 0.335 e. The molecule has 0 atom stereocenters. The zero-order chi connectivity index (χ0) is 17.5. The minimum Gasteiger partial charge on any atom is -0.493 e. The van der Waals surface area contributed by atoms with Crippen LogP contribution in [0, 0.1) is 0 Å². The number of aromatic carboxylic acids is 1. The molecule has 0 radical (unpaired) electrons. The standard InChI is InChI=1S/C19H20O5/c1-23-17-10-8-13(11-18(17)24-2)7-9-15(20)12-14-5-3-4-6-16(14)19(21)22/h3-6,8,10-11H,7,9,12H2,1-2H3,(H,21,22). The number of hydrogen-bond donors (Lipinski definition) is 1. The van der Waals surface area contributed by atoms with Gasteiger partial charge in [0.15, 0.2) is 11.5 Å². The fraction of sp³-hybridized carbons (Fsp3) is 0.263. The Balaban J connectivity index is 2.00. The molecule has 0 aromatic heterocycles. The highest BCUT2D eigenvalue weighted by Crippen LogP contribution is 2.28. The topological polar surface area (TPSA) is 72.8 Å². The first-order valence-electron chi connectivity index (χ1n) is 7.59. The molecular formula is C19H20O5. The van der Waals surface area contributed by atoms with Crippen LogP contribution >= 0.6 is 0 Å². The Kier molecular flexibility index (Phi) is 5.95. The van der Waals surface area contributed by atoms with Crippen molar-refractivity contribution in [3.05, 3.63) is 59.2 Å². The van der Waals surface area contributed by atoms with Crippen molar-refractivity contribution >= 4 is 11.8 Å². The van der Waals surface area contributed by atoms with E-state index in [0.29, 0.717) is 29.9 Å². The smallest absolute Gasteiger partial charge is 0.335 e. The van der Waals surface area contributed by atoms with Crippen LogP contribution in [-0.4, -0.2) is 31.1 Å². The van der Waals surface area contributed by atoms with Gasteiger partial charge in [0.25, 0.3) is 0 Å². The number of aryl methyl sites for hydroxylation is 1. The first-order valence-corrected chi connectivity index (χ1v) is 7.59. The fourth-order valence-electron chi connectivity index (χ4n) is 2.50. The van der Waals surface area contributed by atoms with E-state index in [4.69, 9.17) is 14.6 Å². The number of carbonyl (C=O) groups excluding carboxylic acids is 1. The van der Waals surface area contributed by atoms with Gasteiger partial charge in [-0.2, -0.15) is 0 Å². The van der Waals surface area contributed by atoms with Crippen molar-refractivity contribution in [3.8, 4) is 11.5 Å². The number of methoxy groups -OCH3 is 2. The average Bonchev–Trinajstić information content (AvgIpc) is 2.59. The molecule has 5 nitrogen and oxygen atoms in total. The van der Waals surface area contributed by atoms with Gasteiger partial charge in [0.2, 0.25) is 0 Å². The number of rotatable bonds is 8. The number of Topliss-reactive ketones (excluding diaryl/α,β-unsaturated/α-hetero) is 1. The highest BCUT2D eigenvalue weighted by atomic mass is 16.5. The molecule has 2 rings (SSSR count). The van der Waals surface area contributed by atoms with Crippen LogP contribution in [0.1, 0.15) is 27.9 Å². The number of benzene rings is 2. The number of carboxylic acids is 1. The third-order valence-corrected chi connectivity index (χ3v) is 3.78. The van der Waals surface area contributed by atoms with Crippen LogP contribution in [0.5, 0.6) is 11.5 Å². The lowest BCUT2D eigenvalue weighted by atomic mass is 9.99. The molecule has 2 aromatic rings. The van der Waals surface area contributed by atoms with Crippen LogP contribution in [-0.2, 0) is 17.6 Å². The van der Waals surface area contributed by atoms with Gasteiger partial charge in [0.1, 0.15) is 5.78 Å². The second-order valence-corrected chi connectivity index (χ2v) is 5.37. The van der Waals surface area contributed by atoms with Gasteiger partial charge < -0.3 is 14.6 Å².